The Hall–Kier alpha value is -2.51. The normalized spacial score (nSPS) is 23.1. The predicted octanol–water partition coefficient (Wildman–Crippen LogP) is 5.00. The van der Waals surface area contributed by atoms with Gasteiger partial charge < -0.3 is 10.2 Å². The van der Waals surface area contributed by atoms with Crippen LogP contribution in [0.3, 0.4) is 0 Å². The number of anilines is 1. The van der Waals surface area contributed by atoms with Crippen LogP contribution in [0.25, 0.3) is 0 Å². The number of nitrogens with zero attached hydrogens (tertiary/aromatic N) is 1. The zero-order valence-electron chi connectivity index (χ0n) is 17.3. The van der Waals surface area contributed by atoms with Gasteiger partial charge in [0.2, 0.25) is 5.91 Å². The summed E-state index contributed by atoms with van der Waals surface area (Å²) in [6, 6.07) is 13.4. The zero-order chi connectivity index (χ0) is 22.0. The molecule has 1 saturated heterocycles. The van der Waals surface area contributed by atoms with Gasteiger partial charge in [-0.25, -0.2) is 4.79 Å². The molecule has 2 aromatic rings. The van der Waals surface area contributed by atoms with Gasteiger partial charge in [0.15, 0.2) is 5.78 Å². The first-order valence-electron chi connectivity index (χ1n) is 10.6. The zero-order valence-corrected chi connectivity index (χ0v) is 18.9. The third kappa shape index (κ3) is 4.72. The van der Waals surface area contributed by atoms with E-state index in [1.807, 2.05) is 6.07 Å². The van der Waals surface area contributed by atoms with E-state index in [0.717, 1.165) is 30.2 Å². The van der Waals surface area contributed by atoms with E-state index in [0.29, 0.717) is 29.2 Å². The summed E-state index contributed by atoms with van der Waals surface area (Å²) in [5.74, 6) is -0.550. The second-order valence-corrected chi connectivity index (χ2v) is 9.12. The van der Waals surface area contributed by atoms with Crippen LogP contribution in [-0.4, -0.2) is 34.8 Å². The lowest BCUT2D eigenvalue weighted by atomic mass is 9.85. The maximum Gasteiger partial charge on any atom is 0.357 e. The van der Waals surface area contributed by atoms with Gasteiger partial charge in [-0.05, 0) is 62.4 Å². The van der Waals surface area contributed by atoms with Gasteiger partial charge in [-0.2, -0.15) is 0 Å². The van der Waals surface area contributed by atoms with Gasteiger partial charge in [-0.15, -0.1) is 5.06 Å². The Morgan fingerprint density at radius 2 is 1.81 bits per heavy atom. The van der Waals surface area contributed by atoms with Crippen LogP contribution in [0.4, 0.5) is 5.69 Å². The second-order valence-electron chi connectivity index (χ2n) is 8.20. The highest BCUT2D eigenvalue weighted by Crippen LogP contribution is 2.40. The third-order valence-corrected chi connectivity index (χ3v) is 6.64. The average molecular weight is 485 g/mol. The molecular formula is C24H25BrN2O4. The lowest BCUT2D eigenvalue weighted by molar-refractivity contribution is -0.161. The van der Waals surface area contributed by atoms with E-state index >= 15 is 0 Å². The Labute approximate surface area is 190 Å². The molecule has 162 valence electrons. The number of hydrogen-bond donors (Lipinski definition) is 1. The molecule has 1 heterocycles. The number of fused-ring (bicyclic) bond motifs is 1. The summed E-state index contributed by atoms with van der Waals surface area (Å²) >= 11 is 3.40. The summed E-state index contributed by atoms with van der Waals surface area (Å²) in [6.07, 6.45) is 4.71. The minimum Gasteiger partial charge on any atom is -0.363 e. The molecule has 3 atom stereocenters. The summed E-state index contributed by atoms with van der Waals surface area (Å²) in [4.78, 5) is 43.8. The van der Waals surface area contributed by atoms with Crippen molar-refractivity contribution in [2.45, 2.75) is 51.1 Å². The number of halogens is 1. The number of amides is 1. The number of hydrogen-bond acceptors (Lipinski definition) is 5. The number of nitrogens with one attached hydrogen (secondary N) is 1. The Kier molecular flexibility index (Phi) is 6.53. The Morgan fingerprint density at radius 3 is 2.55 bits per heavy atom. The van der Waals surface area contributed by atoms with E-state index in [1.54, 1.807) is 47.5 Å². The fraction of sp³-hybridized carbons (Fsp3) is 0.375. The van der Waals surface area contributed by atoms with Gasteiger partial charge in [0, 0.05) is 16.1 Å². The average Bonchev–Trinajstić information content (AvgIpc) is 3.13. The van der Waals surface area contributed by atoms with Crippen molar-refractivity contribution < 1.29 is 19.2 Å². The van der Waals surface area contributed by atoms with Gasteiger partial charge in [-0.1, -0.05) is 47.0 Å². The number of ketones is 1. The first-order chi connectivity index (χ1) is 14.9. The summed E-state index contributed by atoms with van der Waals surface area (Å²) in [6.45, 7) is 1.47. The van der Waals surface area contributed by atoms with E-state index < -0.39 is 12.0 Å². The highest BCUT2D eigenvalue weighted by atomic mass is 79.9. The van der Waals surface area contributed by atoms with Gasteiger partial charge in [0.05, 0.1) is 11.3 Å². The van der Waals surface area contributed by atoms with Crippen LogP contribution >= 0.6 is 15.9 Å². The lowest BCUT2D eigenvalue weighted by Gasteiger charge is -2.31. The van der Waals surface area contributed by atoms with Crippen molar-refractivity contribution in [2.24, 2.45) is 5.92 Å². The standard InChI is InChI=1S/C24H25BrN2O4/c1-15(28)19-12-11-18(25)14-20(19)26-23(29)22-13-17-9-5-6-10-21(17)27(22)31-24(30)16-7-3-2-4-8-16/h2-4,7-8,11-12,14,17,21-22H,5-6,9-10,13H2,1H3,(H,26,29)/t17?,21-,22-/m0/s1. The number of benzene rings is 2. The fourth-order valence-electron chi connectivity index (χ4n) is 4.64. The van der Waals surface area contributed by atoms with Crippen molar-refractivity contribution in [1.82, 2.24) is 5.06 Å². The number of carbonyl (C=O) groups is 3. The van der Waals surface area contributed by atoms with Crippen LogP contribution in [-0.2, 0) is 9.63 Å². The molecule has 2 aromatic carbocycles. The molecule has 0 bridgehead atoms. The molecular weight excluding hydrogens is 460 g/mol. The van der Waals surface area contributed by atoms with Crippen molar-refractivity contribution >= 4 is 39.3 Å². The Morgan fingerprint density at radius 1 is 1.06 bits per heavy atom. The van der Waals surface area contributed by atoms with Crippen molar-refractivity contribution in [2.75, 3.05) is 5.32 Å². The molecule has 4 rings (SSSR count). The molecule has 1 aliphatic heterocycles. The van der Waals surface area contributed by atoms with Gasteiger partial charge in [-0.3, -0.25) is 9.59 Å². The Balaban J connectivity index is 1.57. The minimum absolute atomic E-state index is 0.0342. The maximum atomic E-state index is 13.3. The molecule has 1 amide bonds. The van der Waals surface area contributed by atoms with Gasteiger partial charge in [0.25, 0.3) is 0 Å². The molecule has 31 heavy (non-hydrogen) atoms. The van der Waals surface area contributed by atoms with Crippen LogP contribution in [0.5, 0.6) is 0 Å². The van der Waals surface area contributed by atoms with Crippen LogP contribution in [0.1, 0.15) is 59.7 Å². The van der Waals surface area contributed by atoms with Crippen molar-refractivity contribution in [3.63, 3.8) is 0 Å². The topological polar surface area (TPSA) is 75.7 Å². The first kappa shape index (κ1) is 21.7. The van der Waals surface area contributed by atoms with E-state index in [-0.39, 0.29) is 17.7 Å². The molecule has 0 radical (unpaired) electrons. The molecule has 0 spiro atoms. The quantitative estimate of drug-likeness (QED) is 0.604. The molecule has 1 saturated carbocycles. The predicted molar refractivity (Wildman–Crippen MR) is 121 cm³/mol. The highest BCUT2D eigenvalue weighted by Gasteiger charge is 2.47. The summed E-state index contributed by atoms with van der Waals surface area (Å²) in [5, 5.41) is 4.52. The fourth-order valence-corrected chi connectivity index (χ4v) is 5.00. The van der Waals surface area contributed by atoms with Gasteiger partial charge in [0.1, 0.15) is 6.04 Å². The van der Waals surface area contributed by atoms with E-state index in [2.05, 4.69) is 21.2 Å². The number of rotatable bonds is 5. The van der Waals surface area contributed by atoms with Crippen molar-refractivity contribution in [1.29, 1.82) is 0 Å². The van der Waals surface area contributed by atoms with Crippen molar-refractivity contribution in [3.8, 4) is 0 Å². The summed E-state index contributed by atoms with van der Waals surface area (Å²) < 4.78 is 0.764. The largest absolute Gasteiger partial charge is 0.363 e. The molecule has 6 nitrogen and oxygen atoms in total. The minimum atomic E-state index is -0.598. The summed E-state index contributed by atoms with van der Waals surface area (Å²) in [7, 11) is 0. The smallest absolute Gasteiger partial charge is 0.357 e. The third-order valence-electron chi connectivity index (χ3n) is 6.15. The maximum absolute atomic E-state index is 13.3. The van der Waals surface area contributed by atoms with Crippen LogP contribution in [0.15, 0.2) is 53.0 Å². The monoisotopic (exact) mass is 484 g/mol. The molecule has 2 aliphatic rings. The first-order valence-corrected chi connectivity index (χ1v) is 11.4. The lowest BCUT2D eigenvalue weighted by Crippen LogP contribution is -2.45. The van der Waals surface area contributed by atoms with E-state index in [4.69, 9.17) is 4.84 Å². The SMILES string of the molecule is CC(=O)c1ccc(Br)cc1NC(=O)[C@@H]1CC2CCCC[C@@H]2N1OC(=O)c1ccccc1. The van der Waals surface area contributed by atoms with Crippen molar-refractivity contribution in [3.05, 3.63) is 64.1 Å². The molecule has 1 aliphatic carbocycles. The van der Waals surface area contributed by atoms with Gasteiger partial charge >= 0.3 is 5.97 Å². The van der Waals surface area contributed by atoms with E-state index in [1.165, 1.54) is 6.92 Å². The number of Topliss-reactive ketones (excluding diaryl/α,β-unsaturated/α-hetero) is 1. The Bertz CT molecular complexity index is 994. The molecule has 2 fully saturated rings. The second kappa shape index (κ2) is 9.32. The number of hydroxylamine groups is 2. The molecule has 1 N–H and O–H groups in total. The number of carbonyl (C=O) groups excluding carboxylic acids is 3. The molecule has 0 aromatic heterocycles. The van der Waals surface area contributed by atoms with E-state index in [9.17, 15) is 14.4 Å². The molecule has 7 heteroatoms. The van der Waals surface area contributed by atoms with Crippen LogP contribution < -0.4 is 5.32 Å². The molecule has 1 unspecified atom stereocenters. The van der Waals surface area contributed by atoms with Crippen LogP contribution in [0.2, 0.25) is 0 Å². The highest BCUT2D eigenvalue weighted by molar-refractivity contribution is 9.10. The van der Waals surface area contributed by atoms with Crippen LogP contribution in [0, 0.1) is 5.92 Å². The summed E-state index contributed by atoms with van der Waals surface area (Å²) in [5.41, 5.74) is 1.35.